The molecule has 1 fully saturated rings. The van der Waals surface area contributed by atoms with E-state index in [1.165, 1.54) is 0 Å². The molecule has 28 heavy (non-hydrogen) atoms. The standard InChI is InChI=1S/C23H28N2O3/c1-18-6-2-9-21(14-18)28-13-5-10-22(26)24-16-19-7-3-8-20(15-19)17-25-12-4-11-23(25)27/h2-3,6-9,14-15H,4-5,10-13,16-17H2,1H3,(H,24,26). The van der Waals surface area contributed by atoms with Gasteiger partial charge in [0.1, 0.15) is 5.75 Å². The fraction of sp³-hybridized carbons (Fsp3) is 0.391. The number of aryl methyl sites for hydroxylation is 1. The van der Waals surface area contributed by atoms with E-state index in [-0.39, 0.29) is 11.8 Å². The summed E-state index contributed by atoms with van der Waals surface area (Å²) in [6.07, 6.45) is 2.72. The summed E-state index contributed by atoms with van der Waals surface area (Å²) in [4.78, 5) is 25.7. The summed E-state index contributed by atoms with van der Waals surface area (Å²) < 4.78 is 5.68. The number of hydrogen-bond donors (Lipinski definition) is 1. The normalized spacial score (nSPS) is 13.6. The van der Waals surface area contributed by atoms with Crippen molar-refractivity contribution >= 4 is 11.8 Å². The van der Waals surface area contributed by atoms with Crippen molar-refractivity contribution in [1.82, 2.24) is 10.2 Å². The molecule has 2 amide bonds. The molecule has 0 atom stereocenters. The van der Waals surface area contributed by atoms with E-state index in [2.05, 4.69) is 11.4 Å². The highest BCUT2D eigenvalue weighted by Gasteiger charge is 2.19. The second-order valence-electron chi connectivity index (χ2n) is 7.28. The Morgan fingerprint density at radius 1 is 1.14 bits per heavy atom. The van der Waals surface area contributed by atoms with Crippen LogP contribution >= 0.6 is 0 Å². The zero-order valence-corrected chi connectivity index (χ0v) is 16.4. The van der Waals surface area contributed by atoms with Gasteiger partial charge in [-0.25, -0.2) is 0 Å². The molecule has 1 N–H and O–H groups in total. The molecule has 3 rings (SSSR count). The van der Waals surface area contributed by atoms with Crippen LogP contribution in [0.15, 0.2) is 48.5 Å². The number of benzene rings is 2. The Labute approximate surface area is 166 Å². The predicted octanol–water partition coefficient (Wildman–Crippen LogP) is 3.59. The molecular formula is C23H28N2O3. The predicted molar refractivity (Wildman–Crippen MR) is 109 cm³/mol. The van der Waals surface area contributed by atoms with Crippen molar-refractivity contribution in [3.05, 3.63) is 65.2 Å². The maximum absolute atomic E-state index is 12.1. The van der Waals surface area contributed by atoms with Gasteiger partial charge < -0.3 is 15.0 Å². The summed E-state index contributed by atoms with van der Waals surface area (Å²) >= 11 is 0. The van der Waals surface area contributed by atoms with E-state index in [0.29, 0.717) is 39.0 Å². The van der Waals surface area contributed by atoms with Gasteiger partial charge in [-0.3, -0.25) is 9.59 Å². The minimum Gasteiger partial charge on any atom is -0.494 e. The Morgan fingerprint density at radius 3 is 2.75 bits per heavy atom. The maximum atomic E-state index is 12.1. The highest BCUT2D eigenvalue weighted by atomic mass is 16.5. The van der Waals surface area contributed by atoms with Gasteiger partial charge in [0, 0.05) is 32.5 Å². The molecule has 1 saturated heterocycles. The van der Waals surface area contributed by atoms with Gasteiger partial charge in [0.2, 0.25) is 11.8 Å². The van der Waals surface area contributed by atoms with E-state index in [9.17, 15) is 9.59 Å². The highest BCUT2D eigenvalue weighted by Crippen LogP contribution is 2.15. The first-order chi connectivity index (χ1) is 13.6. The first-order valence-electron chi connectivity index (χ1n) is 9.92. The number of likely N-dealkylation sites (tertiary alicyclic amines) is 1. The van der Waals surface area contributed by atoms with Crippen LogP contribution in [0, 0.1) is 6.92 Å². The van der Waals surface area contributed by atoms with E-state index < -0.39 is 0 Å². The Balaban J connectivity index is 1.37. The van der Waals surface area contributed by atoms with Gasteiger partial charge in [-0.15, -0.1) is 0 Å². The topological polar surface area (TPSA) is 58.6 Å². The monoisotopic (exact) mass is 380 g/mol. The van der Waals surface area contributed by atoms with Gasteiger partial charge in [0.05, 0.1) is 6.61 Å². The van der Waals surface area contributed by atoms with Crippen LogP contribution in [-0.2, 0) is 22.7 Å². The number of carbonyl (C=O) groups is 2. The van der Waals surface area contributed by atoms with Crippen molar-refractivity contribution in [3.63, 3.8) is 0 Å². The lowest BCUT2D eigenvalue weighted by atomic mass is 10.1. The molecule has 1 aliphatic rings. The number of ether oxygens (including phenoxy) is 1. The molecule has 148 valence electrons. The van der Waals surface area contributed by atoms with Gasteiger partial charge in [-0.1, -0.05) is 36.4 Å². The molecule has 0 spiro atoms. The van der Waals surface area contributed by atoms with Gasteiger partial charge in [0.25, 0.3) is 0 Å². The highest BCUT2D eigenvalue weighted by molar-refractivity contribution is 5.78. The van der Waals surface area contributed by atoms with Crippen LogP contribution in [0.5, 0.6) is 5.75 Å². The summed E-state index contributed by atoms with van der Waals surface area (Å²) in [7, 11) is 0. The van der Waals surface area contributed by atoms with Crippen LogP contribution in [0.25, 0.3) is 0 Å². The summed E-state index contributed by atoms with van der Waals surface area (Å²) in [5.74, 6) is 1.09. The van der Waals surface area contributed by atoms with Crippen LogP contribution in [0.4, 0.5) is 0 Å². The zero-order chi connectivity index (χ0) is 19.8. The minimum atomic E-state index is 0.0213. The average Bonchev–Trinajstić information content (AvgIpc) is 3.08. The first kappa shape index (κ1) is 19.9. The molecule has 1 heterocycles. The summed E-state index contributed by atoms with van der Waals surface area (Å²) in [6, 6.07) is 16.0. The van der Waals surface area contributed by atoms with E-state index in [1.54, 1.807) is 0 Å². The Kier molecular flexibility index (Phi) is 7.06. The lowest BCUT2D eigenvalue weighted by molar-refractivity contribution is -0.128. The Morgan fingerprint density at radius 2 is 1.96 bits per heavy atom. The van der Waals surface area contributed by atoms with Crippen LogP contribution in [-0.4, -0.2) is 29.9 Å². The molecule has 5 heteroatoms. The first-order valence-corrected chi connectivity index (χ1v) is 9.92. The van der Waals surface area contributed by atoms with Crippen LogP contribution in [0.1, 0.15) is 42.4 Å². The van der Waals surface area contributed by atoms with Crippen molar-refractivity contribution in [2.75, 3.05) is 13.2 Å². The van der Waals surface area contributed by atoms with Crippen molar-refractivity contribution < 1.29 is 14.3 Å². The zero-order valence-electron chi connectivity index (χ0n) is 16.4. The molecule has 5 nitrogen and oxygen atoms in total. The molecule has 0 radical (unpaired) electrons. The molecule has 0 saturated carbocycles. The lowest BCUT2D eigenvalue weighted by Gasteiger charge is -2.16. The third kappa shape index (κ3) is 6.12. The van der Waals surface area contributed by atoms with Crippen molar-refractivity contribution in [3.8, 4) is 5.75 Å². The smallest absolute Gasteiger partial charge is 0.222 e. The number of carbonyl (C=O) groups excluding carboxylic acids is 2. The number of hydrogen-bond acceptors (Lipinski definition) is 3. The minimum absolute atomic E-state index is 0.0213. The van der Waals surface area contributed by atoms with Crippen molar-refractivity contribution in [2.24, 2.45) is 0 Å². The third-order valence-corrected chi connectivity index (χ3v) is 4.83. The molecular weight excluding hydrogens is 352 g/mol. The van der Waals surface area contributed by atoms with E-state index >= 15 is 0 Å². The van der Waals surface area contributed by atoms with Gasteiger partial charge >= 0.3 is 0 Å². The fourth-order valence-corrected chi connectivity index (χ4v) is 3.35. The lowest BCUT2D eigenvalue weighted by Crippen LogP contribution is -2.24. The second kappa shape index (κ2) is 9.93. The number of nitrogens with zero attached hydrogens (tertiary/aromatic N) is 1. The molecule has 2 aromatic rings. The molecule has 0 aliphatic carbocycles. The maximum Gasteiger partial charge on any atom is 0.222 e. The van der Waals surface area contributed by atoms with Gasteiger partial charge in [0.15, 0.2) is 0 Å². The summed E-state index contributed by atoms with van der Waals surface area (Å²) in [6.45, 7) is 4.54. The van der Waals surface area contributed by atoms with E-state index in [0.717, 1.165) is 35.4 Å². The van der Waals surface area contributed by atoms with E-state index in [1.807, 2.05) is 54.3 Å². The molecule has 0 aromatic heterocycles. The number of nitrogens with one attached hydrogen (secondary N) is 1. The van der Waals surface area contributed by atoms with Gasteiger partial charge in [-0.2, -0.15) is 0 Å². The molecule has 2 aromatic carbocycles. The van der Waals surface area contributed by atoms with Crippen LogP contribution in [0.3, 0.4) is 0 Å². The summed E-state index contributed by atoms with van der Waals surface area (Å²) in [5, 5.41) is 2.96. The van der Waals surface area contributed by atoms with Crippen molar-refractivity contribution in [1.29, 1.82) is 0 Å². The van der Waals surface area contributed by atoms with Crippen LogP contribution in [0.2, 0.25) is 0 Å². The second-order valence-corrected chi connectivity index (χ2v) is 7.28. The quantitative estimate of drug-likeness (QED) is 0.677. The molecule has 0 bridgehead atoms. The van der Waals surface area contributed by atoms with E-state index in [4.69, 9.17) is 4.74 Å². The largest absolute Gasteiger partial charge is 0.494 e. The summed E-state index contributed by atoms with van der Waals surface area (Å²) in [5.41, 5.74) is 3.31. The number of rotatable bonds is 9. The van der Waals surface area contributed by atoms with Crippen molar-refractivity contribution in [2.45, 2.75) is 45.7 Å². The molecule has 1 aliphatic heterocycles. The Hall–Kier alpha value is -2.82. The average molecular weight is 380 g/mol. The van der Waals surface area contributed by atoms with Gasteiger partial charge in [-0.05, 0) is 48.6 Å². The third-order valence-electron chi connectivity index (χ3n) is 4.83. The molecule has 0 unspecified atom stereocenters. The van der Waals surface area contributed by atoms with Crippen LogP contribution < -0.4 is 10.1 Å². The SMILES string of the molecule is Cc1cccc(OCCCC(=O)NCc2cccc(CN3CCCC3=O)c2)c1. The fourth-order valence-electron chi connectivity index (χ4n) is 3.35. The Bertz CT molecular complexity index is 819. The number of amides is 2.